The van der Waals surface area contributed by atoms with Gasteiger partial charge in [0.15, 0.2) is 6.10 Å². The van der Waals surface area contributed by atoms with Crippen molar-refractivity contribution < 1.29 is 14.3 Å². The van der Waals surface area contributed by atoms with Crippen LogP contribution in [0.15, 0.2) is 24.3 Å². The lowest BCUT2D eigenvalue weighted by Crippen LogP contribution is -2.30. The summed E-state index contributed by atoms with van der Waals surface area (Å²) in [5.41, 5.74) is 1.93. The summed E-state index contributed by atoms with van der Waals surface area (Å²) in [5.74, 6) is -0.540. The Morgan fingerprint density at radius 2 is 1.95 bits per heavy atom. The van der Waals surface area contributed by atoms with Crippen molar-refractivity contribution in [2.75, 3.05) is 5.32 Å². The van der Waals surface area contributed by atoms with Gasteiger partial charge in [0.2, 0.25) is 0 Å². The molecule has 0 bridgehead atoms. The Balaban J connectivity index is 1.86. The van der Waals surface area contributed by atoms with Gasteiger partial charge in [0.25, 0.3) is 5.91 Å². The predicted octanol–water partition coefficient (Wildman–Crippen LogP) is 2.53. The molecular weight excluding hydrogens is 242 g/mol. The maximum atomic E-state index is 11.9. The number of rotatable bonds is 5. The Hall–Kier alpha value is -1.84. The molecule has 1 saturated carbocycles. The summed E-state index contributed by atoms with van der Waals surface area (Å²) in [6.07, 6.45) is 1.97. The Morgan fingerprint density at radius 3 is 2.47 bits per heavy atom. The highest BCUT2D eigenvalue weighted by Gasteiger charge is 2.33. The number of nitrogens with one attached hydrogen (secondary N) is 1. The van der Waals surface area contributed by atoms with Crippen LogP contribution in [-0.2, 0) is 20.7 Å². The third-order valence-corrected chi connectivity index (χ3v) is 3.20. The topological polar surface area (TPSA) is 55.4 Å². The van der Waals surface area contributed by atoms with Crippen molar-refractivity contribution in [3.05, 3.63) is 29.8 Å². The van der Waals surface area contributed by atoms with E-state index in [0.717, 1.165) is 24.9 Å². The largest absolute Gasteiger partial charge is 0.452 e. The molecule has 4 nitrogen and oxygen atoms in total. The number of anilines is 1. The predicted molar refractivity (Wildman–Crippen MR) is 72.7 cm³/mol. The van der Waals surface area contributed by atoms with Crippen LogP contribution in [0.4, 0.5) is 5.69 Å². The van der Waals surface area contributed by atoms with Crippen molar-refractivity contribution in [2.45, 2.75) is 39.2 Å². The van der Waals surface area contributed by atoms with Crippen LogP contribution >= 0.6 is 0 Å². The normalized spacial score (nSPS) is 15.7. The van der Waals surface area contributed by atoms with Crippen LogP contribution in [-0.4, -0.2) is 18.0 Å². The molecule has 2 rings (SSSR count). The average molecular weight is 261 g/mol. The van der Waals surface area contributed by atoms with Gasteiger partial charge in [-0.3, -0.25) is 9.59 Å². The lowest BCUT2D eigenvalue weighted by Gasteiger charge is -2.13. The van der Waals surface area contributed by atoms with Gasteiger partial charge < -0.3 is 10.1 Å². The molecule has 1 atom stereocenters. The molecule has 102 valence electrons. The number of carbonyl (C=O) groups is 2. The maximum absolute atomic E-state index is 11.9. The second kappa shape index (κ2) is 5.87. The zero-order valence-corrected chi connectivity index (χ0v) is 11.3. The Labute approximate surface area is 113 Å². The third kappa shape index (κ3) is 3.81. The fraction of sp³-hybridized carbons (Fsp3) is 0.467. The zero-order chi connectivity index (χ0) is 13.8. The van der Waals surface area contributed by atoms with Gasteiger partial charge in [0.1, 0.15) is 0 Å². The molecule has 19 heavy (non-hydrogen) atoms. The van der Waals surface area contributed by atoms with Crippen molar-refractivity contribution in [3.63, 3.8) is 0 Å². The number of aryl methyl sites for hydroxylation is 1. The molecule has 1 N–H and O–H groups in total. The van der Waals surface area contributed by atoms with E-state index in [0.29, 0.717) is 0 Å². The molecule has 4 heteroatoms. The molecule has 1 aliphatic carbocycles. The highest BCUT2D eigenvalue weighted by Crippen LogP contribution is 2.30. The highest BCUT2D eigenvalue weighted by atomic mass is 16.5. The molecule has 1 fully saturated rings. The summed E-state index contributed by atoms with van der Waals surface area (Å²) in [6.45, 7) is 3.67. The number of amides is 1. The van der Waals surface area contributed by atoms with Crippen LogP contribution in [0.2, 0.25) is 0 Å². The fourth-order valence-electron chi connectivity index (χ4n) is 1.71. The van der Waals surface area contributed by atoms with Crippen LogP contribution < -0.4 is 5.32 Å². The summed E-state index contributed by atoms with van der Waals surface area (Å²) < 4.78 is 5.10. The number of esters is 1. The lowest BCUT2D eigenvalue weighted by molar-refractivity contribution is -0.154. The Bertz CT molecular complexity index is 463. The van der Waals surface area contributed by atoms with Crippen LogP contribution in [0, 0.1) is 5.92 Å². The quantitative estimate of drug-likeness (QED) is 0.829. The second-order valence-electron chi connectivity index (χ2n) is 4.89. The summed E-state index contributed by atoms with van der Waals surface area (Å²) in [5, 5.41) is 2.74. The van der Waals surface area contributed by atoms with Crippen molar-refractivity contribution in [1.29, 1.82) is 0 Å². The molecule has 1 amide bonds. The van der Waals surface area contributed by atoms with Crippen molar-refractivity contribution in [2.24, 2.45) is 5.92 Å². The summed E-state index contributed by atoms with van der Waals surface area (Å²) in [7, 11) is 0. The van der Waals surface area contributed by atoms with E-state index < -0.39 is 6.10 Å². The summed E-state index contributed by atoms with van der Waals surface area (Å²) >= 11 is 0. The number of carbonyl (C=O) groups excluding carboxylic acids is 2. The first-order valence-corrected chi connectivity index (χ1v) is 6.70. The van der Waals surface area contributed by atoms with Crippen LogP contribution in [0.1, 0.15) is 32.3 Å². The molecular formula is C15H19NO3. The standard InChI is InChI=1S/C15H19NO3/c1-3-11-4-8-13(9-5-11)16-14(17)10(2)19-15(18)12-6-7-12/h4-5,8-10,12H,3,6-7H2,1-2H3,(H,16,17)/t10-/m1/s1. The maximum Gasteiger partial charge on any atom is 0.309 e. The zero-order valence-electron chi connectivity index (χ0n) is 11.3. The minimum Gasteiger partial charge on any atom is -0.452 e. The van der Waals surface area contributed by atoms with Gasteiger partial charge in [-0.2, -0.15) is 0 Å². The summed E-state index contributed by atoms with van der Waals surface area (Å²) in [4.78, 5) is 23.3. The molecule has 0 saturated heterocycles. The van der Waals surface area contributed by atoms with Crippen LogP contribution in [0.3, 0.4) is 0 Å². The van der Waals surface area contributed by atoms with Gasteiger partial charge in [-0.05, 0) is 43.9 Å². The van der Waals surface area contributed by atoms with E-state index >= 15 is 0 Å². The minimum absolute atomic E-state index is 0.0130. The van der Waals surface area contributed by atoms with Crippen molar-refractivity contribution in [1.82, 2.24) is 0 Å². The van der Waals surface area contributed by atoms with Gasteiger partial charge in [-0.1, -0.05) is 19.1 Å². The molecule has 0 unspecified atom stereocenters. The van der Waals surface area contributed by atoms with E-state index in [1.54, 1.807) is 6.92 Å². The minimum atomic E-state index is -0.751. The van der Waals surface area contributed by atoms with E-state index in [-0.39, 0.29) is 17.8 Å². The monoisotopic (exact) mass is 261 g/mol. The molecule has 0 spiro atoms. The van der Waals surface area contributed by atoms with E-state index in [1.807, 2.05) is 24.3 Å². The van der Waals surface area contributed by atoms with Crippen molar-refractivity contribution >= 4 is 17.6 Å². The molecule has 0 radical (unpaired) electrons. The van der Waals surface area contributed by atoms with Crippen LogP contribution in [0.5, 0.6) is 0 Å². The van der Waals surface area contributed by atoms with Gasteiger partial charge in [0, 0.05) is 5.69 Å². The lowest BCUT2D eigenvalue weighted by atomic mass is 10.1. The molecule has 1 aromatic carbocycles. The SMILES string of the molecule is CCc1ccc(NC(=O)[C@@H](C)OC(=O)C2CC2)cc1. The molecule has 1 aliphatic rings. The van der Waals surface area contributed by atoms with E-state index in [2.05, 4.69) is 12.2 Å². The molecule has 0 aliphatic heterocycles. The molecule has 0 heterocycles. The first-order valence-electron chi connectivity index (χ1n) is 6.70. The van der Waals surface area contributed by atoms with Gasteiger partial charge in [0.05, 0.1) is 5.92 Å². The van der Waals surface area contributed by atoms with E-state index in [1.165, 1.54) is 5.56 Å². The van der Waals surface area contributed by atoms with Crippen LogP contribution in [0.25, 0.3) is 0 Å². The number of benzene rings is 1. The van der Waals surface area contributed by atoms with Gasteiger partial charge >= 0.3 is 5.97 Å². The van der Waals surface area contributed by atoms with E-state index in [9.17, 15) is 9.59 Å². The highest BCUT2D eigenvalue weighted by molar-refractivity contribution is 5.95. The van der Waals surface area contributed by atoms with Crippen molar-refractivity contribution in [3.8, 4) is 0 Å². The summed E-state index contributed by atoms with van der Waals surface area (Å²) in [6, 6.07) is 7.64. The molecule has 1 aromatic rings. The van der Waals surface area contributed by atoms with Gasteiger partial charge in [-0.25, -0.2) is 0 Å². The average Bonchev–Trinajstić information content (AvgIpc) is 3.23. The Morgan fingerprint density at radius 1 is 1.32 bits per heavy atom. The fourth-order valence-corrected chi connectivity index (χ4v) is 1.71. The first kappa shape index (κ1) is 13.6. The third-order valence-electron chi connectivity index (χ3n) is 3.20. The first-order chi connectivity index (χ1) is 9.10. The van der Waals surface area contributed by atoms with Gasteiger partial charge in [-0.15, -0.1) is 0 Å². The Kier molecular flexibility index (Phi) is 4.20. The number of hydrogen-bond acceptors (Lipinski definition) is 3. The second-order valence-corrected chi connectivity index (χ2v) is 4.89. The van der Waals surface area contributed by atoms with E-state index in [4.69, 9.17) is 4.74 Å². The molecule has 0 aromatic heterocycles. The number of hydrogen-bond donors (Lipinski definition) is 1. The number of ether oxygens (including phenoxy) is 1. The smallest absolute Gasteiger partial charge is 0.309 e.